The van der Waals surface area contributed by atoms with Crippen LogP contribution in [0, 0.1) is 5.82 Å². The summed E-state index contributed by atoms with van der Waals surface area (Å²) in [4.78, 5) is 24.1. The molecule has 0 aliphatic carbocycles. The number of carbonyl (C=O) groups excluding carboxylic acids is 1. The first kappa shape index (κ1) is 24.7. The van der Waals surface area contributed by atoms with Crippen molar-refractivity contribution in [3.63, 3.8) is 0 Å². The quantitative estimate of drug-likeness (QED) is 0.501. The lowest BCUT2D eigenvalue weighted by molar-refractivity contribution is -0.122. The number of carbonyl (C=O) groups is 1. The Hall–Kier alpha value is -3.37. The summed E-state index contributed by atoms with van der Waals surface area (Å²) in [6.07, 6.45) is 2.73. The molecular formula is C25H31FN6O3. The van der Waals surface area contributed by atoms with Gasteiger partial charge in [-0.3, -0.25) is 14.7 Å². The minimum absolute atomic E-state index is 0.00784. The van der Waals surface area contributed by atoms with Crippen molar-refractivity contribution in [2.45, 2.75) is 32.9 Å². The van der Waals surface area contributed by atoms with E-state index in [9.17, 15) is 9.18 Å². The van der Waals surface area contributed by atoms with Gasteiger partial charge in [0.05, 0.1) is 20.3 Å². The Morgan fingerprint density at radius 2 is 2.03 bits per heavy atom. The molecule has 0 atom stereocenters. The number of halogens is 1. The topological polar surface area (TPSA) is 94.4 Å². The zero-order chi connectivity index (χ0) is 24.8. The van der Waals surface area contributed by atoms with Crippen LogP contribution in [0.15, 0.2) is 36.5 Å². The Bertz CT molecular complexity index is 1140. The molecule has 0 radical (unpaired) electrons. The Balaban J connectivity index is 1.57. The lowest BCUT2D eigenvalue weighted by Gasteiger charge is -2.26. The number of benzene rings is 1. The number of nitrogens with one attached hydrogen (secondary N) is 1. The van der Waals surface area contributed by atoms with Crippen LogP contribution in [0.2, 0.25) is 0 Å². The smallest absolute Gasteiger partial charge is 0.242 e. The number of amides is 1. The Kier molecular flexibility index (Phi) is 8.04. The van der Waals surface area contributed by atoms with Crippen molar-refractivity contribution >= 4 is 5.91 Å². The highest BCUT2D eigenvalue weighted by Crippen LogP contribution is 2.27. The van der Waals surface area contributed by atoms with Crippen LogP contribution in [-0.4, -0.2) is 76.6 Å². The normalized spacial score (nSPS) is 14.3. The van der Waals surface area contributed by atoms with Crippen molar-refractivity contribution in [3.05, 3.63) is 47.9 Å². The van der Waals surface area contributed by atoms with Gasteiger partial charge < -0.3 is 14.8 Å². The first-order chi connectivity index (χ1) is 16.9. The van der Waals surface area contributed by atoms with Crippen molar-refractivity contribution in [2.24, 2.45) is 0 Å². The van der Waals surface area contributed by atoms with E-state index in [1.807, 2.05) is 32.2 Å². The first-order valence-electron chi connectivity index (χ1n) is 11.8. The van der Waals surface area contributed by atoms with Gasteiger partial charge in [0.25, 0.3) is 0 Å². The zero-order valence-electron chi connectivity index (χ0n) is 20.3. The highest BCUT2D eigenvalue weighted by molar-refractivity contribution is 5.77. The van der Waals surface area contributed by atoms with E-state index in [-0.39, 0.29) is 24.2 Å². The van der Waals surface area contributed by atoms with Gasteiger partial charge in [-0.15, -0.1) is 5.10 Å². The molecule has 1 saturated heterocycles. The van der Waals surface area contributed by atoms with Gasteiger partial charge in [0, 0.05) is 37.4 Å². The van der Waals surface area contributed by atoms with Gasteiger partial charge in [0.2, 0.25) is 5.91 Å². The van der Waals surface area contributed by atoms with Crippen LogP contribution >= 0.6 is 0 Å². The van der Waals surface area contributed by atoms with E-state index in [0.29, 0.717) is 22.9 Å². The molecule has 4 rings (SSSR count). The Morgan fingerprint density at radius 1 is 1.23 bits per heavy atom. The number of methoxy groups -OCH3 is 1. The van der Waals surface area contributed by atoms with E-state index in [1.54, 1.807) is 12.1 Å². The largest absolute Gasteiger partial charge is 0.494 e. The van der Waals surface area contributed by atoms with Crippen LogP contribution in [0.1, 0.15) is 19.4 Å². The molecular weight excluding hydrogens is 451 g/mol. The molecule has 0 saturated carbocycles. The monoisotopic (exact) mass is 482 g/mol. The molecule has 2 aromatic heterocycles. The second-order valence-electron chi connectivity index (χ2n) is 8.74. The van der Waals surface area contributed by atoms with Gasteiger partial charge in [-0.2, -0.15) is 0 Å². The van der Waals surface area contributed by atoms with Crippen LogP contribution in [0.25, 0.3) is 22.9 Å². The second-order valence-corrected chi connectivity index (χ2v) is 8.74. The molecule has 1 aliphatic heterocycles. The van der Waals surface area contributed by atoms with E-state index in [0.717, 1.165) is 44.8 Å². The molecule has 0 spiro atoms. The molecule has 1 aliphatic rings. The minimum Gasteiger partial charge on any atom is -0.494 e. The molecule has 0 bridgehead atoms. The number of nitrogens with zero attached hydrogens (tertiary/aromatic N) is 5. The summed E-state index contributed by atoms with van der Waals surface area (Å²) < 4.78 is 26.0. The molecule has 1 N–H and O–H groups in total. The standard InChI is InChI=1S/C25H31FN6O3/c1-17(2)28-23(33)16-32-25(19-5-6-20(26)22(14-19)34-3)29-24(30-32)21-7-4-18(15-27-21)8-9-31-10-12-35-13-11-31/h4-7,14-15,17H,8-13,16H2,1-3H3,(H,28,33). The molecule has 186 valence electrons. The maximum absolute atomic E-state index is 14.0. The third kappa shape index (κ3) is 6.40. The molecule has 1 amide bonds. The van der Waals surface area contributed by atoms with Gasteiger partial charge in [-0.25, -0.2) is 14.1 Å². The van der Waals surface area contributed by atoms with Crippen LogP contribution in [0.5, 0.6) is 5.75 Å². The summed E-state index contributed by atoms with van der Waals surface area (Å²) in [6, 6.07) is 8.34. The third-order valence-corrected chi connectivity index (χ3v) is 5.70. The van der Waals surface area contributed by atoms with E-state index in [1.165, 1.54) is 17.9 Å². The van der Waals surface area contributed by atoms with Crippen molar-refractivity contribution in [1.82, 2.24) is 30.0 Å². The average molecular weight is 483 g/mol. The van der Waals surface area contributed by atoms with Crippen molar-refractivity contribution in [1.29, 1.82) is 0 Å². The molecule has 1 aromatic carbocycles. The number of aromatic nitrogens is 4. The average Bonchev–Trinajstić information content (AvgIpc) is 3.27. The van der Waals surface area contributed by atoms with Gasteiger partial charge >= 0.3 is 0 Å². The maximum atomic E-state index is 14.0. The van der Waals surface area contributed by atoms with Crippen LogP contribution in [0.4, 0.5) is 4.39 Å². The maximum Gasteiger partial charge on any atom is 0.242 e. The fourth-order valence-electron chi connectivity index (χ4n) is 3.89. The fourth-order valence-corrected chi connectivity index (χ4v) is 3.89. The van der Waals surface area contributed by atoms with Crippen LogP contribution in [-0.2, 0) is 22.5 Å². The summed E-state index contributed by atoms with van der Waals surface area (Å²) in [5, 5.41) is 7.42. The fraction of sp³-hybridized carbons (Fsp3) is 0.440. The first-order valence-corrected chi connectivity index (χ1v) is 11.8. The van der Waals surface area contributed by atoms with Gasteiger partial charge in [0.15, 0.2) is 23.2 Å². The van der Waals surface area contributed by atoms with Crippen molar-refractivity contribution < 1.29 is 18.7 Å². The number of rotatable bonds is 9. The van der Waals surface area contributed by atoms with Gasteiger partial charge in [0.1, 0.15) is 12.2 Å². The third-order valence-electron chi connectivity index (χ3n) is 5.70. The van der Waals surface area contributed by atoms with Crippen LogP contribution in [0.3, 0.4) is 0 Å². The van der Waals surface area contributed by atoms with Crippen LogP contribution < -0.4 is 10.1 Å². The molecule has 35 heavy (non-hydrogen) atoms. The van der Waals surface area contributed by atoms with Crippen molar-refractivity contribution in [2.75, 3.05) is 40.0 Å². The highest BCUT2D eigenvalue weighted by Gasteiger charge is 2.19. The number of ether oxygens (including phenoxy) is 2. The van der Waals surface area contributed by atoms with Crippen molar-refractivity contribution in [3.8, 4) is 28.7 Å². The van der Waals surface area contributed by atoms with Gasteiger partial charge in [-0.05, 0) is 50.1 Å². The summed E-state index contributed by atoms with van der Waals surface area (Å²) in [7, 11) is 1.40. The summed E-state index contributed by atoms with van der Waals surface area (Å²) in [5.74, 6) is 0.233. The Morgan fingerprint density at radius 3 is 2.71 bits per heavy atom. The number of hydrogen-bond donors (Lipinski definition) is 1. The van der Waals surface area contributed by atoms with Gasteiger partial charge in [-0.1, -0.05) is 6.07 Å². The molecule has 1 fully saturated rings. The number of morpholine rings is 1. The predicted molar refractivity (Wildman–Crippen MR) is 129 cm³/mol. The summed E-state index contributed by atoms with van der Waals surface area (Å²) in [5.41, 5.74) is 2.31. The van der Waals surface area contributed by atoms with E-state index >= 15 is 0 Å². The second kappa shape index (κ2) is 11.4. The number of pyridine rings is 1. The lowest BCUT2D eigenvalue weighted by Crippen LogP contribution is -2.37. The van der Waals surface area contributed by atoms with E-state index < -0.39 is 5.82 Å². The molecule has 3 aromatic rings. The molecule has 10 heteroatoms. The van der Waals surface area contributed by atoms with E-state index in [2.05, 4.69) is 25.3 Å². The summed E-state index contributed by atoms with van der Waals surface area (Å²) >= 11 is 0. The Labute approximate surface area is 204 Å². The number of hydrogen-bond acceptors (Lipinski definition) is 7. The molecule has 0 unspecified atom stereocenters. The summed E-state index contributed by atoms with van der Waals surface area (Å²) in [6.45, 7) is 8.17. The lowest BCUT2D eigenvalue weighted by atomic mass is 10.2. The molecule has 3 heterocycles. The predicted octanol–water partition coefficient (Wildman–Crippen LogP) is 2.55. The highest BCUT2D eigenvalue weighted by atomic mass is 19.1. The van der Waals surface area contributed by atoms with E-state index in [4.69, 9.17) is 9.47 Å². The molecule has 9 nitrogen and oxygen atoms in total. The zero-order valence-corrected chi connectivity index (χ0v) is 20.3. The SMILES string of the molecule is COc1cc(-c2nc(-c3ccc(CCN4CCOCC4)cn3)nn2CC(=O)NC(C)C)ccc1F. The minimum atomic E-state index is -0.477.